The van der Waals surface area contributed by atoms with Gasteiger partial charge < -0.3 is 10.0 Å². The van der Waals surface area contributed by atoms with Gasteiger partial charge >= 0.3 is 5.97 Å². The first-order valence-electron chi connectivity index (χ1n) is 6.11. The van der Waals surface area contributed by atoms with E-state index in [4.69, 9.17) is 0 Å². The zero-order valence-corrected chi connectivity index (χ0v) is 11.5. The molecule has 1 N–H and O–H groups in total. The Hall–Kier alpha value is -2.43. The molecule has 1 aromatic carbocycles. The van der Waals surface area contributed by atoms with Crippen LogP contribution >= 0.6 is 0 Å². The molecule has 0 aliphatic carbocycles. The Morgan fingerprint density at radius 1 is 1.30 bits per heavy atom. The number of pyridine rings is 1. The number of aromatic carboxylic acids is 1. The third-order valence-corrected chi connectivity index (χ3v) is 3.07. The second-order valence-electron chi connectivity index (χ2n) is 4.59. The lowest BCUT2D eigenvalue weighted by Crippen LogP contribution is -2.18. The molecule has 2 rings (SSSR count). The number of rotatable bonds is 3. The molecule has 0 atom stereocenters. The number of anilines is 2. The van der Waals surface area contributed by atoms with Gasteiger partial charge in [0.25, 0.3) is 0 Å². The summed E-state index contributed by atoms with van der Waals surface area (Å²) in [6.45, 7) is 3.48. The fourth-order valence-electron chi connectivity index (χ4n) is 2.16. The second kappa shape index (κ2) is 5.28. The van der Waals surface area contributed by atoms with Crippen LogP contribution in [-0.2, 0) is 0 Å². The molecule has 5 heteroatoms. The standard InChI is InChI=1S/C15H15FN2O2/c1-9-8-10(2)17-14(13(9)15(19)20)18(3)12-7-5-4-6-11(12)16/h4-8H,1-3H3,(H,19,20). The first-order valence-corrected chi connectivity index (χ1v) is 6.11. The van der Waals surface area contributed by atoms with E-state index in [1.807, 2.05) is 0 Å². The van der Waals surface area contributed by atoms with Gasteiger partial charge in [0.2, 0.25) is 0 Å². The van der Waals surface area contributed by atoms with Crippen LogP contribution in [0.1, 0.15) is 21.6 Å². The number of aryl methyl sites for hydroxylation is 2. The number of hydrogen-bond donors (Lipinski definition) is 1. The molecule has 20 heavy (non-hydrogen) atoms. The van der Waals surface area contributed by atoms with E-state index in [0.29, 0.717) is 11.3 Å². The van der Waals surface area contributed by atoms with Crippen molar-refractivity contribution in [3.63, 3.8) is 0 Å². The fraction of sp³-hybridized carbons (Fsp3) is 0.200. The van der Waals surface area contributed by atoms with Crippen LogP contribution in [-0.4, -0.2) is 23.1 Å². The normalized spacial score (nSPS) is 10.4. The highest BCUT2D eigenvalue weighted by molar-refractivity contribution is 5.96. The quantitative estimate of drug-likeness (QED) is 0.933. The average Bonchev–Trinajstić information content (AvgIpc) is 2.37. The van der Waals surface area contributed by atoms with Crippen molar-refractivity contribution < 1.29 is 14.3 Å². The SMILES string of the molecule is Cc1cc(C)c(C(=O)O)c(N(C)c2ccccc2F)n1. The molecule has 0 fully saturated rings. The molecule has 0 unspecified atom stereocenters. The number of hydrogen-bond acceptors (Lipinski definition) is 3. The Morgan fingerprint density at radius 2 is 1.95 bits per heavy atom. The summed E-state index contributed by atoms with van der Waals surface area (Å²) in [6.07, 6.45) is 0. The number of nitrogens with zero attached hydrogens (tertiary/aromatic N) is 2. The minimum atomic E-state index is -1.08. The number of para-hydroxylation sites is 1. The Kier molecular flexibility index (Phi) is 3.70. The minimum absolute atomic E-state index is 0.0846. The van der Waals surface area contributed by atoms with Crippen LogP contribution in [0.4, 0.5) is 15.9 Å². The molecule has 0 radical (unpaired) electrons. The average molecular weight is 274 g/mol. The van der Waals surface area contributed by atoms with Crippen LogP contribution < -0.4 is 4.90 Å². The van der Waals surface area contributed by atoms with E-state index < -0.39 is 11.8 Å². The highest BCUT2D eigenvalue weighted by atomic mass is 19.1. The monoisotopic (exact) mass is 274 g/mol. The molecule has 4 nitrogen and oxygen atoms in total. The summed E-state index contributed by atoms with van der Waals surface area (Å²) < 4.78 is 13.8. The number of carbonyl (C=O) groups is 1. The molecule has 0 saturated heterocycles. The third-order valence-electron chi connectivity index (χ3n) is 3.07. The fourth-order valence-corrected chi connectivity index (χ4v) is 2.16. The van der Waals surface area contributed by atoms with Gasteiger partial charge in [0.05, 0.1) is 5.69 Å². The van der Waals surface area contributed by atoms with Gasteiger partial charge in [-0.2, -0.15) is 0 Å². The highest BCUT2D eigenvalue weighted by Gasteiger charge is 2.21. The predicted octanol–water partition coefficient (Wildman–Crippen LogP) is 3.30. The highest BCUT2D eigenvalue weighted by Crippen LogP contribution is 2.29. The maximum atomic E-state index is 13.8. The first-order chi connectivity index (χ1) is 9.41. The van der Waals surface area contributed by atoms with Crippen molar-refractivity contribution in [2.24, 2.45) is 0 Å². The van der Waals surface area contributed by atoms with Gasteiger partial charge in [-0.15, -0.1) is 0 Å². The largest absolute Gasteiger partial charge is 0.478 e. The van der Waals surface area contributed by atoms with Gasteiger partial charge in [-0.25, -0.2) is 14.2 Å². The van der Waals surface area contributed by atoms with Crippen molar-refractivity contribution in [2.45, 2.75) is 13.8 Å². The Bertz CT molecular complexity index is 671. The van der Waals surface area contributed by atoms with Crippen molar-refractivity contribution in [3.05, 3.63) is 53.0 Å². The van der Waals surface area contributed by atoms with Crippen molar-refractivity contribution in [3.8, 4) is 0 Å². The molecule has 0 saturated carbocycles. The summed E-state index contributed by atoms with van der Waals surface area (Å²) in [7, 11) is 1.60. The van der Waals surface area contributed by atoms with Crippen molar-refractivity contribution in [1.29, 1.82) is 0 Å². The summed E-state index contributed by atoms with van der Waals surface area (Å²) >= 11 is 0. The lowest BCUT2D eigenvalue weighted by Gasteiger charge is -2.22. The van der Waals surface area contributed by atoms with Gasteiger partial charge in [-0.1, -0.05) is 12.1 Å². The third kappa shape index (κ3) is 2.47. The van der Waals surface area contributed by atoms with E-state index in [2.05, 4.69) is 4.98 Å². The summed E-state index contributed by atoms with van der Waals surface area (Å²) in [4.78, 5) is 17.1. The van der Waals surface area contributed by atoms with Gasteiger partial charge in [-0.05, 0) is 37.6 Å². The number of carboxylic acids is 1. The molecule has 0 bridgehead atoms. The van der Waals surface area contributed by atoms with E-state index in [-0.39, 0.29) is 17.1 Å². The number of halogens is 1. The summed E-state index contributed by atoms with van der Waals surface area (Å²) in [5.74, 6) is -1.26. The minimum Gasteiger partial charge on any atom is -0.478 e. The Balaban J connectivity index is 2.63. The molecule has 0 aliphatic heterocycles. The maximum Gasteiger partial charge on any atom is 0.339 e. The van der Waals surface area contributed by atoms with Crippen molar-refractivity contribution in [2.75, 3.05) is 11.9 Å². The maximum absolute atomic E-state index is 13.8. The second-order valence-corrected chi connectivity index (χ2v) is 4.59. The van der Waals surface area contributed by atoms with E-state index in [1.165, 1.54) is 11.0 Å². The molecule has 1 heterocycles. The van der Waals surface area contributed by atoms with Crippen LogP contribution in [0, 0.1) is 19.7 Å². The Morgan fingerprint density at radius 3 is 2.55 bits per heavy atom. The number of benzene rings is 1. The molecule has 104 valence electrons. The summed E-state index contributed by atoms with van der Waals surface area (Å²) in [5.41, 5.74) is 1.66. The molecule has 0 amide bonds. The van der Waals surface area contributed by atoms with Gasteiger partial charge in [0.15, 0.2) is 0 Å². The van der Waals surface area contributed by atoms with Gasteiger partial charge in [-0.3, -0.25) is 0 Å². The summed E-state index contributed by atoms with van der Waals surface area (Å²) in [6, 6.07) is 7.88. The number of aromatic nitrogens is 1. The van der Waals surface area contributed by atoms with Crippen LogP contribution in [0.15, 0.2) is 30.3 Å². The topological polar surface area (TPSA) is 53.4 Å². The van der Waals surface area contributed by atoms with E-state index in [9.17, 15) is 14.3 Å². The molecule has 0 spiro atoms. The van der Waals surface area contributed by atoms with Crippen LogP contribution in [0.2, 0.25) is 0 Å². The van der Waals surface area contributed by atoms with E-state index in [1.54, 1.807) is 45.2 Å². The van der Waals surface area contributed by atoms with Crippen molar-refractivity contribution in [1.82, 2.24) is 4.98 Å². The predicted molar refractivity (Wildman–Crippen MR) is 75.1 cm³/mol. The summed E-state index contributed by atoms with van der Waals surface area (Å²) in [5, 5.41) is 9.34. The van der Waals surface area contributed by atoms with Crippen LogP contribution in [0.3, 0.4) is 0 Å². The lowest BCUT2D eigenvalue weighted by molar-refractivity contribution is 0.0696. The smallest absolute Gasteiger partial charge is 0.339 e. The van der Waals surface area contributed by atoms with Gasteiger partial charge in [0.1, 0.15) is 17.2 Å². The van der Waals surface area contributed by atoms with Gasteiger partial charge in [0, 0.05) is 12.7 Å². The van der Waals surface area contributed by atoms with E-state index in [0.717, 1.165) is 0 Å². The zero-order valence-electron chi connectivity index (χ0n) is 11.5. The lowest BCUT2D eigenvalue weighted by atomic mass is 10.1. The molecular weight excluding hydrogens is 259 g/mol. The van der Waals surface area contributed by atoms with Crippen molar-refractivity contribution >= 4 is 17.5 Å². The molecular formula is C15H15FN2O2. The molecule has 1 aromatic heterocycles. The first kappa shape index (κ1) is 14.0. The van der Waals surface area contributed by atoms with E-state index >= 15 is 0 Å². The molecule has 0 aliphatic rings. The Labute approximate surface area is 116 Å². The number of carboxylic acid groups (broad SMARTS) is 1. The zero-order chi connectivity index (χ0) is 14.9. The van der Waals surface area contributed by atoms with Crippen LogP contribution in [0.25, 0.3) is 0 Å². The molecule has 2 aromatic rings. The van der Waals surface area contributed by atoms with Crippen LogP contribution in [0.5, 0.6) is 0 Å².